The van der Waals surface area contributed by atoms with Gasteiger partial charge in [0.15, 0.2) is 0 Å². The van der Waals surface area contributed by atoms with E-state index in [1.807, 2.05) is 6.07 Å². The van der Waals surface area contributed by atoms with Crippen LogP contribution in [0.15, 0.2) is 35.6 Å². The molecule has 0 radical (unpaired) electrons. The Labute approximate surface area is 155 Å². The molecule has 2 heterocycles. The Hall–Kier alpha value is -2.54. The van der Waals surface area contributed by atoms with Gasteiger partial charge in [0.1, 0.15) is 11.0 Å². The van der Waals surface area contributed by atoms with Crippen molar-refractivity contribution in [3.8, 4) is 6.07 Å². The van der Waals surface area contributed by atoms with Crippen LogP contribution in [-0.2, 0) is 15.6 Å². The monoisotopic (exact) mass is 393 g/mol. The summed E-state index contributed by atoms with van der Waals surface area (Å²) in [6.07, 6.45) is 4.03. The molecule has 3 N–H and O–H groups in total. The first-order valence-electron chi connectivity index (χ1n) is 7.58. The highest BCUT2D eigenvalue weighted by Gasteiger charge is 2.24. The van der Waals surface area contributed by atoms with Crippen molar-refractivity contribution in [2.75, 3.05) is 11.3 Å². The van der Waals surface area contributed by atoms with Crippen molar-refractivity contribution < 1.29 is 13.5 Å². The molecule has 0 saturated carbocycles. The number of H-pyrrole nitrogens is 1. The minimum absolute atomic E-state index is 0.0470. The number of nitriles is 1. The zero-order valence-electron chi connectivity index (χ0n) is 14.0. The van der Waals surface area contributed by atoms with E-state index in [2.05, 4.69) is 14.8 Å². The third kappa shape index (κ3) is 3.03. The topological polar surface area (TPSA) is 124 Å². The van der Waals surface area contributed by atoms with Crippen LogP contribution in [-0.4, -0.2) is 34.9 Å². The molecule has 1 aromatic carbocycles. The maximum Gasteiger partial charge on any atom is 0.265 e. The van der Waals surface area contributed by atoms with Crippen molar-refractivity contribution in [2.45, 2.75) is 24.3 Å². The summed E-state index contributed by atoms with van der Waals surface area (Å²) >= 11 is 6.13. The van der Waals surface area contributed by atoms with Crippen LogP contribution in [0.2, 0.25) is 5.02 Å². The van der Waals surface area contributed by atoms with Crippen molar-refractivity contribution in [1.29, 1.82) is 5.26 Å². The molecule has 0 spiro atoms. The largest absolute Gasteiger partial charge is 0.394 e. The average molecular weight is 394 g/mol. The second-order valence-corrected chi connectivity index (χ2v) is 8.45. The number of nitrogens with zero attached hydrogens (tertiary/aromatic N) is 3. The number of fused-ring (bicyclic) bond motifs is 1. The fraction of sp³-hybridized carbons (Fsp3) is 0.250. The van der Waals surface area contributed by atoms with E-state index in [-0.39, 0.29) is 17.2 Å². The summed E-state index contributed by atoms with van der Waals surface area (Å²) in [4.78, 5) is 2.83. The number of hydrogen-bond donors (Lipinski definition) is 3. The van der Waals surface area contributed by atoms with Crippen molar-refractivity contribution in [3.05, 3.63) is 41.3 Å². The Kier molecular flexibility index (Phi) is 4.44. The number of sulfonamides is 1. The fourth-order valence-corrected chi connectivity index (χ4v) is 3.69. The number of anilines is 1. The third-order valence-electron chi connectivity index (χ3n) is 4.03. The molecular formula is C16H16ClN5O3S. The first-order valence-corrected chi connectivity index (χ1v) is 9.44. The summed E-state index contributed by atoms with van der Waals surface area (Å²) in [5, 5.41) is 23.4. The number of aliphatic hydroxyl groups excluding tert-OH is 1. The van der Waals surface area contributed by atoms with Crippen molar-refractivity contribution in [2.24, 2.45) is 0 Å². The van der Waals surface area contributed by atoms with Gasteiger partial charge < -0.3 is 10.1 Å². The molecule has 0 fully saturated rings. The van der Waals surface area contributed by atoms with Gasteiger partial charge in [0, 0.05) is 17.8 Å². The van der Waals surface area contributed by atoms with E-state index in [0.29, 0.717) is 21.5 Å². The van der Waals surface area contributed by atoms with Gasteiger partial charge in [-0.2, -0.15) is 10.4 Å². The molecule has 3 aromatic rings. The van der Waals surface area contributed by atoms with E-state index in [0.717, 1.165) is 0 Å². The Morgan fingerprint density at radius 3 is 2.85 bits per heavy atom. The molecule has 0 aliphatic carbocycles. The van der Waals surface area contributed by atoms with Gasteiger partial charge in [-0.15, -0.1) is 0 Å². The summed E-state index contributed by atoms with van der Waals surface area (Å²) in [5.41, 5.74) is 0.270. The number of hydrogen-bond acceptors (Lipinski definition) is 5. The van der Waals surface area contributed by atoms with Crippen LogP contribution in [0.4, 0.5) is 5.69 Å². The van der Waals surface area contributed by atoms with Crippen molar-refractivity contribution in [3.63, 3.8) is 0 Å². The minimum atomic E-state index is -3.92. The van der Waals surface area contributed by atoms with Crippen molar-refractivity contribution >= 4 is 38.2 Å². The number of benzene rings is 1. The van der Waals surface area contributed by atoms with E-state index in [1.54, 1.807) is 13.8 Å². The van der Waals surface area contributed by atoms with Gasteiger partial charge in [0.2, 0.25) is 0 Å². The highest BCUT2D eigenvalue weighted by molar-refractivity contribution is 7.92. The molecule has 26 heavy (non-hydrogen) atoms. The number of halogens is 1. The number of aromatic amines is 1. The smallest absolute Gasteiger partial charge is 0.265 e. The van der Waals surface area contributed by atoms with E-state index < -0.39 is 15.6 Å². The summed E-state index contributed by atoms with van der Waals surface area (Å²) in [5.74, 6) is 0. The Morgan fingerprint density at radius 2 is 2.19 bits per heavy atom. The number of aromatic nitrogens is 3. The van der Waals surface area contributed by atoms with Crippen LogP contribution in [0.25, 0.3) is 10.9 Å². The minimum Gasteiger partial charge on any atom is -0.394 e. The van der Waals surface area contributed by atoms with E-state index in [4.69, 9.17) is 16.9 Å². The normalized spacial score (nSPS) is 12.3. The summed E-state index contributed by atoms with van der Waals surface area (Å²) in [6, 6.07) is 5.05. The SMILES string of the molecule is CC(C)(CO)n1cc(S(=O)(=O)Nc2ccc(Cl)c3c(C#N)c[nH]c23)cn1. The molecule has 0 unspecified atom stereocenters. The van der Waals surface area contributed by atoms with Gasteiger partial charge in [-0.05, 0) is 26.0 Å². The lowest BCUT2D eigenvalue weighted by Gasteiger charge is -2.21. The highest BCUT2D eigenvalue weighted by atomic mass is 35.5. The molecule has 0 bridgehead atoms. The van der Waals surface area contributed by atoms with Gasteiger partial charge in [-0.3, -0.25) is 9.40 Å². The number of aliphatic hydroxyl groups is 1. The lowest BCUT2D eigenvalue weighted by Crippen LogP contribution is -2.30. The summed E-state index contributed by atoms with van der Waals surface area (Å²) in [6.45, 7) is 3.27. The Balaban J connectivity index is 2.01. The molecule has 0 saturated heterocycles. The van der Waals surface area contributed by atoms with Crippen LogP contribution in [0.3, 0.4) is 0 Å². The predicted octanol–water partition coefficient (Wildman–Crippen LogP) is 2.42. The zero-order chi connectivity index (χ0) is 19.1. The zero-order valence-corrected chi connectivity index (χ0v) is 15.6. The Morgan fingerprint density at radius 1 is 1.46 bits per heavy atom. The third-order valence-corrected chi connectivity index (χ3v) is 5.66. The van der Waals surface area contributed by atoms with Gasteiger partial charge in [-0.1, -0.05) is 11.6 Å². The van der Waals surface area contributed by atoms with E-state index in [1.165, 1.54) is 35.4 Å². The van der Waals surface area contributed by atoms with Crippen LogP contribution in [0.5, 0.6) is 0 Å². The second kappa shape index (κ2) is 6.32. The molecule has 0 aliphatic rings. The lowest BCUT2D eigenvalue weighted by atomic mass is 10.1. The second-order valence-electron chi connectivity index (χ2n) is 6.36. The Bertz CT molecular complexity index is 1120. The highest BCUT2D eigenvalue weighted by Crippen LogP contribution is 2.33. The molecule has 0 aliphatic heterocycles. The molecule has 8 nitrogen and oxygen atoms in total. The quantitative estimate of drug-likeness (QED) is 0.614. The molecule has 3 rings (SSSR count). The maximum absolute atomic E-state index is 12.7. The molecule has 10 heteroatoms. The van der Waals surface area contributed by atoms with Gasteiger partial charge in [0.25, 0.3) is 10.0 Å². The number of nitrogens with one attached hydrogen (secondary N) is 2. The van der Waals surface area contributed by atoms with Gasteiger partial charge in [-0.25, -0.2) is 8.42 Å². The van der Waals surface area contributed by atoms with E-state index >= 15 is 0 Å². The first kappa shape index (κ1) is 18.3. The molecule has 136 valence electrons. The number of rotatable bonds is 5. The average Bonchev–Trinajstić information content (AvgIpc) is 3.25. The molecular weight excluding hydrogens is 378 g/mol. The predicted molar refractivity (Wildman–Crippen MR) is 97.5 cm³/mol. The maximum atomic E-state index is 12.7. The van der Waals surface area contributed by atoms with Crippen LogP contribution < -0.4 is 4.72 Å². The van der Waals surface area contributed by atoms with Gasteiger partial charge >= 0.3 is 0 Å². The van der Waals surface area contributed by atoms with Crippen molar-refractivity contribution in [1.82, 2.24) is 14.8 Å². The van der Waals surface area contributed by atoms with Crippen LogP contribution in [0.1, 0.15) is 19.4 Å². The first-order chi connectivity index (χ1) is 12.2. The summed E-state index contributed by atoms with van der Waals surface area (Å²) < 4.78 is 29.3. The standard InChI is InChI=1S/C16H16ClN5O3S/c1-16(2,9-23)22-8-11(7-20-22)26(24,25)21-13-4-3-12(17)14-10(5-18)6-19-15(13)14/h3-4,6-8,19,21,23H,9H2,1-2H3. The lowest BCUT2D eigenvalue weighted by molar-refractivity contribution is 0.152. The molecule has 0 amide bonds. The molecule has 0 atom stereocenters. The molecule has 2 aromatic heterocycles. The van der Waals surface area contributed by atoms with Gasteiger partial charge in [0.05, 0.1) is 40.1 Å². The van der Waals surface area contributed by atoms with E-state index in [9.17, 15) is 13.5 Å². The van der Waals surface area contributed by atoms with Crippen LogP contribution in [0, 0.1) is 11.3 Å². The van der Waals surface area contributed by atoms with Crippen LogP contribution >= 0.6 is 11.6 Å². The fourth-order valence-electron chi connectivity index (χ4n) is 2.43. The summed E-state index contributed by atoms with van der Waals surface area (Å²) in [7, 11) is -3.92.